The monoisotopic (exact) mass is 278 g/mol. The Hall–Kier alpha value is -1.62. The number of aromatic nitrogens is 2. The molecule has 0 unspecified atom stereocenters. The van der Waals surface area contributed by atoms with Crippen molar-refractivity contribution in [3.63, 3.8) is 0 Å². The van der Waals surface area contributed by atoms with Crippen LogP contribution < -0.4 is 11.1 Å². The summed E-state index contributed by atoms with van der Waals surface area (Å²) in [6, 6.07) is 5.55. The van der Waals surface area contributed by atoms with Crippen molar-refractivity contribution in [2.45, 2.75) is 0 Å². The number of nitrogens with one attached hydrogen (secondary N) is 1. The van der Waals surface area contributed by atoms with Gasteiger partial charge in [-0.2, -0.15) is 0 Å². The first-order valence-electron chi connectivity index (χ1n) is 4.74. The average Bonchev–Trinajstić information content (AvgIpc) is 2.26. The van der Waals surface area contributed by atoms with Crippen LogP contribution in [0.25, 0.3) is 10.9 Å². The van der Waals surface area contributed by atoms with Crippen LogP contribution in [0.5, 0.6) is 0 Å². The number of halogens is 1. The highest BCUT2D eigenvalue weighted by Gasteiger charge is 2.03. The molecule has 82 valence electrons. The Kier molecular flexibility index (Phi) is 3.05. The highest BCUT2D eigenvalue weighted by molar-refractivity contribution is 9.11. The number of hydrogen-bond acceptors (Lipinski definition) is 4. The summed E-state index contributed by atoms with van der Waals surface area (Å²) in [4.78, 5) is 8.35. The van der Waals surface area contributed by atoms with Crippen LogP contribution in [0.3, 0.4) is 0 Å². The maximum absolute atomic E-state index is 5.74. The van der Waals surface area contributed by atoms with E-state index in [1.807, 2.05) is 18.2 Å². The van der Waals surface area contributed by atoms with Gasteiger partial charge in [0.15, 0.2) is 0 Å². The van der Waals surface area contributed by atoms with Crippen LogP contribution in [-0.2, 0) is 0 Å². The van der Waals surface area contributed by atoms with Gasteiger partial charge in [0.1, 0.15) is 12.1 Å². The predicted octanol–water partition coefficient (Wildman–Crippen LogP) is 2.53. The molecule has 1 aromatic carbocycles. The fraction of sp³-hybridized carbons (Fsp3) is 0.0909. The quantitative estimate of drug-likeness (QED) is 0.847. The summed E-state index contributed by atoms with van der Waals surface area (Å²) in [5.74, 6) is 0.762. The van der Waals surface area contributed by atoms with Gasteiger partial charge in [-0.15, -0.1) is 0 Å². The Bertz CT molecular complexity index is 538. The molecule has 0 aliphatic rings. The second kappa shape index (κ2) is 4.49. The Morgan fingerprint density at radius 3 is 3.00 bits per heavy atom. The zero-order chi connectivity index (χ0) is 11.5. The van der Waals surface area contributed by atoms with Gasteiger partial charge >= 0.3 is 0 Å². The van der Waals surface area contributed by atoms with E-state index in [2.05, 4.69) is 37.8 Å². The van der Waals surface area contributed by atoms with Gasteiger partial charge in [-0.3, -0.25) is 0 Å². The molecule has 2 aromatic rings. The number of nitrogens with two attached hydrogens (primary N) is 1. The molecule has 3 N–H and O–H groups in total. The molecule has 0 atom stereocenters. The molecule has 0 aliphatic carbocycles. The van der Waals surface area contributed by atoms with E-state index in [0.717, 1.165) is 21.2 Å². The lowest BCUT2D eigenvalue weighted by Crippen LogP contribution is -2.03. The van der Waals surface area contributed by atoms with Gasteiger partial charge in [0.25, 0.3) is 0 Å². The summed E-state index contributed by atoms with van der Waals surface area (Å²) in [6.45, 7) is 4.37. The van der Waals surface area contributed by atoms with Gasteiger partial charge in [0.2, 0.25) is 0 Å². The van der Waals surface area contributed by atoms with Crippen LogP contribution in [0.4, 0.5) is 11.5 Å². The zero-order valence-electron chi connectivity index (χ0n) is 8.57. The third-order valence-electron chi connectivity index (χ3n) is 2.11. The van der Waals surface area contributed by atoms with E-state index in [4.69, 9.17) is 5.73 Å². The second-order valence-electron chi connectivity index (χ2n) is 3.37. The normalized spacial score (nSPS) is 10.3. The predicted molar refractivity (Wildman–Crippen MR) is 70.5 cm³/mol. The standard InChI is InChI=1S/C11H11BrN4/c1-7(12)5-14-11-9-4-8(13)2-3-10(9)15-6-16-11/h2-4,6H,1,5,13H2,(H,14,15,16). The molecule has 16 heavy (non-hydrogen) atoms. The van der Waals surface area contributed by atoms with Crippen molar-refractivity contribution in [1.82, 2.24) is 9.97 Å². The van der Waals surface area contributed by atoms with Crippen LogP contribution in [0.1, 0.15) is 0 Å². The van der Waals surface area contributed by atoms with Crippen molar-refractivity contribution < 1.29 is 0 Å². The number of benzene rings is 1. The number of nitrogen functional groups attached to an aromatic ring is 1. The maximum Gasteiger partial charge on any atom is 0.137 e. The fourth-order valence-electron chi connectivity index (χ4n) is 1.39. The van der Waals surface area contributed by atoms with E-state index >= 15 is 0 Å². The molecule has 0 saturated carbocycles. The Morgan fingerprint density at radius 2 is 2.25 bits per heavy atom. The van der Waals surface area contributed by atoms with Gasteiger partial charge < -0.3 is 11.1 Å². The van der Waals surface area contributed by atoms with E-state index < -0.39 is 0 Å². The number of fused-ring (bicyclic) bond motifs is 1. The molecule has 0 bridgehead atoms. The number of hydrogen-bond donors (Lipinski definition) is 2. The highest BCUT2D eigenvalue weighted by Crippen LogP contribution is 2.21. The van der Waals surface area contributed by atoms with E-state index in [-0.39, 0.29) is 0 Å². The minimum absolute atomic E-state index is 0.612. The molecule has 1 heterocycles. The molecule has 0 amide bonds. The van der Waals surface area contributed by atoms with Crippen molar-refractivity contribution in [2.75, 3.05) is 17.6 Å². The summed E-state index contributed by atoms with van der Waals surface area (Å²) in [5.41, 5.74) is 7.30. The lowest BCUT2D eigenvalue weighted by Gasteiger charge is -2.07. The maximum atomic E-state index is 5.74. The van der Waals surface area contributed by atoms with Gasteiger partial charge in [-0.1, -0.05) is 22.5 Å². The molecule has 0 saturated heterocycles. The Morgan fingerprint density at radius 1 is 1.44 bits per heavy atom. The smallest absolute Gasteiger partial charge is 0.137 e. The minimum Gasteiger partial charge on any atom is -0.399 e. The van der Waals surface area contributed by atoms with Crippen LogP contribution >= 0.6 is 15.9 Å². The molecule has 4 nitrogen and oxygen atoms in total. The molecule has 0 aliphatic heterocycles. The molecule has 2 rings (SSSR count). The van der Waals surface area contributed by atoms with E-state index in [0.29, 0.717) is 12.2 Å². The van der Waals surface area contributed by atoms with E-state index in [9.17, 15) is 0 Å². The fourth-order valence-corrected chi connectivity index (χ4v) is 1.53. The van der Waals surface area contributed by atoms with Gasteiger partial charge in [0.05, 0.1) is 5.52 Å². The molecular formula is C11H11BrN4. The average molecular weight is 279 g/mol. The minimum atomic E-state index is 0.612. The summed E-state index contributed by atoms with van der Waals surface area (Å²) in [6.07, 6.45) is 1.53. The van der Waals surface area contributed by atoms with Crippen LogP contribution in [0.15, 0.2) is 35.6 Å². The van der Waals surface area contributed by atoms with Crippen molar-refractivity contribution in [2.24, 2.45) is 0 Å². The first kappa shape index (κ1) is 10.9. The van der Waals surface area contributed by atoms with Crippen LogP contribution in [0, 0.1) is 0 Å². The molecule has 5 heteroatoms. The first-order valence-corrected chi connectivity index (χ1v) is 5.53. The third-order valence-corrected chi connectivity index (χ3v) is 2.39. The highest BCUT2D eigenvalue weighted by atomic mass is 79.9. The van der Waals surface area contributed by atoms with E-state index in [1.165, 1.54) is 6.33 Å². The van der Waals surface area contributed by atoms with Gasteiger partial charge in [-0.05, 0) is 18.2 Å². The SMILES string of the molecule is C=C(Br)CNc1ncnc2ccc(N)cc12. The number of nitrogens with zero attached hydrogens (tertiary/aromatic N) is 2. The Balaban J connectivity index is 2.43. The van der Waals surface area contributed by atoms with Crippen LogP contribution in [0.2, 0.25) is 0 Å². The third kappa shape index (κ3) is 2.30. The van der Waals surface area contributed by atoms with Crippen molar-refractivity contribution in [1.29, 1.82) is 0 Å². The molecule has 0 fully saturated rings. The summed E-state index contributed by atoms with van der Waals surface area (Å²) >= 11 is 3.29. The lowest BCUT2D eigenvalue weighted by atomic mass is 10.2. The van der Waals surface area contributed by atoms with E-state index in [1.54, 1.807) is 0 Å². The topological polar surface area (TPSA) is 63.8 Å². The van der Waals surface area contributed by atoms with Gasteiger partial charge in [-0.25, -0.2) is 9.97 Å². The summed E-state index contributed by atoms with van der Waals surface area (Å²) in [7, 11) is 0. The Labute approximate surface area is 102 Å². The molecule has 0 radical (unpaired) electrons. The van der Waals surface area contributed by atoms with Crippen molar-refractivity contribution in [3.05, 3.63) is 35.6 Å². The first-order chi connectivity index (χ1) is 7.66. The van der Waals surface area contributed by atoms with Gasteiger partial charge in [0, 0.05) is 22.1 Å². The molecular weight excluding hydrogens is 268 g/mol. The molecule has 1 aromatic heterocycles. The number of rotatable bonds is 3. The van der Waals surface area contributed by atoms with Crippen molar-refractivity contribution in [3.8, 4) is 0 Å². The lowest BCUT2D eigenvalue weighted by molar-refractivity contribution is 1.18. The zero-order valence-corrected chi connectivity index (χ0v) is 10.2. The second-order valence-corrected chi connectivity index (χ2v) is 4.49. The number of anilines is 2. The van der Waals surface area contributed by atoms with Crippen molar-refractivity contribution >= 4 is 38.3 Å². The summed E-state index contributed by atoms with van der Waals surface area (Å²) < 4.78 is 0.864. The largest absolute Gasteiger partial charge is 0.399 e. The van der Waals surface area contributed by atoms with Crippen LogP contribution in [-0.4, -0.2) is 16.5 Å². The molecule has 0 spiro atoms. The summed E-state index contributed by atoms with van der Waals surface area (Å²) in [5, 5.41) is 4.07.